The Labute approximate surface area is 133 Å². The molecule has 0 spiro atoms. The highest BCUT2D eigenvalue weighted by atomic mass is 19.4. The van der Waals surface area contributed by atoms with Gasteiger partial charge in [0.15, 0.2) is 0 Å². The number of nitrogens with one attached hydrogen (secondary N) is 1. The molecule has 0 unspecified atom stereocenters. The Kier molecular flexibility index (Phi) is 5.79. The predicted octanol–water partition coefficient (Wildman–Crippen LogP) is 2.60. The van der Waals surface area contributed by atoms with Gasteiger partial charge >= 0.3 is 6.18 Å². The van der Waals surface area contributed by atoms with Gasteiger partial charge in [0.2, 0.25) is 0 Å². The summed E-state index contributed by atoms with van der Waals surface area (Å²) in [6.45, 7) is 2.91. The van der Waals surface area contributed by atoms with E-state index in [-0.39, 0.29) is 0 Å². The van der Waals surface area contributed by atoms with Crippen molar-refractivity contribution in [3.63, 3.8) is 0 Å². The van der Waals surface area contributed by atoms with Gasteiger partial charge in [-0.1, -0.05) is 12.1 Å². The smallest absolute Gasteiger partial charge is 0.329 e. The first-order chi connectivity index (χ1) is 10.9. The summed E-state index contributed by atoms with van der Waals surface area (Å²) in [6.07, 6.45) is -0.761. The third-order valence-corrected chi connectivity index (χ3v) is 3.45. The van der Waals surface area contributed by atoms with Crippen molar-refractivity contribution >= 4 is 0 Å². The summed E-state index contributed by atoms with van der Waals surface area (Å²) in [5.41, 5.74) is 0.183. The highest BCUT2D eigenvalue weighted by Crippen LogP contribution is 2.29. The van der Waals surface area contributed by atoms with Gasteiger partial charge in [0, 0.05) is 32.0 Å². The molecule has 0 atom stereocenters. The highest BCUT2D eigenvalue weighted by Gasteiger charge is 2.29. The standard InChI is InChI=1S/C16H21F3N4/c1-22(2)9-7-20-11-15-21-8-10-23(15)12-13-3-5-14(6-4-13)16(17,18)19/h3-6,8,10,20H,7,9,11-12H2,1-2H3. The van der Waals surface area contributed by atoms with Gasteiger partial charge in [-0.15, -0.1) is 0 Å². The number of benzene rings is 1. The maximum atomic E-state index is 12.6. The lowest BCUT2D eigenvalue weighted by molar-refractivity contribution is -0.137. The molecule has 2 rings (SSSR count). The van der Waals surface area contributed by atoms with Crippen LogP contribution in [-0.4, -0.2) is 41.6 Å². The van der Waals surface area contributed by atoms with E-state index >= 15 is 0 Å². The minimum absolute atomic E-state index is 0.503. The lowest BCUT2D eigenvalue weighted by atomic mass is 10.1. The van der Waals surface area contributed by atoms with E-state index in [2.05, 4.69) is 15.2 Å². The Balaban J connectivity index is 1.94. The van der Waals surface area contributed by atoms with Crippen LogP contribution >= 0.6 is 0 Å². The van der Waals surface area contributed by atoms with Crippen LogP contribution in [0.4, 0.5) is 13.2 Å². The molecule has 0 bridgehead atoms. The Hall–Kier alpha value is -1.86. The van der Waals surface area contributed by atoms with Crippen molar-refractivity contribution in [2.45, 2.75) is 19.3 Å². The molecule has 0 aliphatic heterocycles. The predicted molar refractivity (Wildman–Crippen MR) is 83.0 cm³/mol. The van der Waals surface area contributed by atoms with Crippen LogP contribution in [0, 0.1) is 0 Å². The molecule has 0 aliphatic rings. The van der Waals surface area contributed by atoms with Gasteiger partial charge in [-0.05, 0) is 31.8 Å². The second kappa shape index (κ2) is 7.61. The minimum Gasteiger partial charge on any atom is -0.329 e. The first-order valence-corrected chi connectivity index (χ1v) is 7.38. The summed E-state index contributed by atoms with van der Waals surface area (Å²) >= 11 is 0. The number of aromatic nitrogens is 2. The molecule has 7 heteroatoms. The lowest BCUT2D eigenvalue weighted by Gasteiger charge is -2.12. The van der Waals surface area contributed by atoms with Gasteiger partial charge in [0.05, 0.1) is 12.1 Å². The monoisotopic (exact) mass is 326 g/mol. The number of hydrogen-bond acceptors (Lipinski definition) is 3. The van der Waals surface area contributed by atoms with E-state index in [1.165, 1.54) is 12.1 Å². The van der Waals surface area contributed by atoms with Crippen molar-refractivity contribution in [3.05, 3.63) is 53.6 Å². The molecule has 126 valence electrons. The van der Waals surface area contributed by atoms with E-state index in [0.29, 0.717) is 13.1 Å². The summed E-state index contributed by atoms with van der Waals surface area (Å²) in [5.74, 6) is 0.864. The van der Waals surface area contributed by atoms with Crippen LogP contribution < -0.4 is 5.32 Å². The van der Waals surface area contributed by atoms with Crippen LogP contribution in [0.15, 0.2) is 36.7 Å². The Morgan fingerprint density at radius 3 is 2.48 bits per heavy atom. The number of likely N-dealkylation sites (N-methyl/N-ethyl adjacent to an activating group) is 1. The van der Waals surface area contributed by atoms with Crippen LogP contribution in [0.2, 0.25) is 0 Å². The zero-order chi connectivity index (χ0) is 16.9. The van der Waals surface area contributed by atoms with Gasteiger partial charge in [-0.2, -0.15) is 13.2 Å². The fourth-order valence-corrected chi connectivity index (χ4v) is 2.15. The Morgan fingerprint density at radius 1 is 1.17 bits per heavy atom. The first-order valence-electron chi connectivity index (χ1n) is 7.38. The number of halogens is 3. The summed E-state index contributed by atoms with van der Waals surface area (Å²) in [7, 11) is 4.01. The molecule has 1 aromatic carbocycles. The SMILES string of the molecule is CN(C)CCNCc1nccn1Cc1ccc(C(F)(F)F)cc1. The molecule has 0 amide bonds. The van der Waals surface area contributed by atoms with E-state index in [1.54, 1.807) is 6.20 Å². The molecule has 0 saturated carbocycles. The number of nitrogens with zero attached hydrogens (tertiary/aromatic N) is 3. The van der Waals surface area contributed by atoms with Gasteiger partial charge < -0.3 is 14.8 Å². The molecule has 2 aromatic rings. The Bertz CT molecular complexity index is 603. The third kappa shape index (κ3) is 5.37. The Morgan fingerprint density at radius 2 is 1.87 bits per heavy atom. The largest absolute Gasteiger partial charge is 0.416 e. The van der Waals surface area contributed by atoms with E-state index in [0.717, 1.165) is 36.6 Å². The number of hydrogen-bond donors (Lipinski definition) is 1. The summed E-state index contributed by atoms with van der Waals surface area (Å²) < 4.78 is 39.6. The fraction of sp³-hybridized carbons (Fsp3) is 0.438. The lowest BCUT2D eigenvalue weighted by Crippen LogP contribution is -2.27. The minimum atomic E-state index is -4.30. The van der Waals surface area contributed by atoms with Crippen molar-refractivity contribution < 1.29 is 13.2 Å². The second-order valence-corrected chi connectivity index (χ2v) is 5.65. The molecule has 1 N–H and O–H groups in total. The van der Waals surface area contributed by atoms with Gasteiger partial charge in [-0.3, -0.25) is 0 Å². The molecular formula is C16H21F3N4. The fourth-order valence-electron chi connectivity index (χ4n) is 2.15. The summed E-state index contributed by atoms with van der Waals surface area (Å²) in [6, 6.07) is 5.24. The zero-order valence-electron chi connectivity index (χ0n) is 13.3. The highest BCUT2D eigenvalue weighted by molar-refractivity contribution is 5.25. The van der Waals surface area contributed by atoms with Gasteiger partial charge in [-0.25, -0.2) is 4.98 Å². The zero-order valence-corrected chi connectivity index (χ0v) is 13.3. The maximum absolute atomic E-state index is 12.6. The van der Waals surface area contributed by atoms with Crippen molar-refractivity contribution in [3.8, 4) is 0 Å². The van der Waals surface area contributed by atoms with Crippen LogP contribution in [0.25, 0.3) is 0 Å². The average Bonchev–Trinajstić information content (AvgIpc) is 2.90. The molecule has 1 aromatic heterocycles. The van der Waals surface area contributed by atoms with Crippen molar-refractivity contribution in [2.75, 3.05) is 27.2 Å². The number of imidazole rings is 1. The van der Waals surface area contributed by atoms with E-state index in [1.807, 2.05) is 24.9 Å². The first kappa shape index (κ1) is 17.5. The molecule has 0 saturated heterocycles. The van der Waals surface area contributed by atoms with Crippen LogP contribution in [-0.2, 0) is 19.3 Å². The average molecular weight is 326 g/mol. The van der Waals surface area contributed by atoms with Crippen LogP contribution in [0.3, 0.4) is 0 Å². The maximum Gasteiger partial charge on any atom is 0.416 e. The topological polar surface area (TPSA) is 33.1 Å². The quantitative estimate of drug-likeness (QED) is 0.794. The van der Waals surface area contributed by atoms with Crippen LogP contribution in [0.5, 0.6) is 0 Å². The van der Waals surface area contributed by atoms with E-state index < -0.39 is 11.7 Å². The van der Waals surface area contributed by atoms with E-state index in [4.69, 9.17) is 0 Å². The van der Waals surface area contributed by atoms with Gasteiger partial charge in [0.1, 0.15) is 5.82 Å². The molecule has 23 heavy (non-hydrogen) atoms. The molecular weight excluding hydrogens is 305 g/mol. The molecule has 0 fully saturated rings. The van der Waals surface area contributed by atoms with Crippen LogP contribution in [0.1, 0.15) is 17.0 Å². The normalized spacial score (nSPS) is 12.1. The summed E-state index contributed by atoms with van der Waals surface area (Å²) in [4.78, 5) is 6.38. The second-order valence-electron chi connectivity index (χ2n) is 5.65. The van der Waals surface area contributed by atoms with Crippen molar-refractivity contribution in [1.82, 2.24) is 19.8 Å². The summed E-state index contributed by atoms with van der Waals surface area (Å²) in [5, 5.41) is 3.30. The number of rotatable bonds is 7. The van der Waals surface area contributed by atoms with Crippen molar-refractivity contribution in [2.24, 2.45) is 0 Å². The van der Waals surface area contributed by atoms with Crippen molar-refractivity contribution in [1.29, 1.82) is 0 Å². The molecule has 4 nitrogen and oxygen atoms in total. The van der Waals surface area contributed by atoms with Gasteiger partial charge in [0.25, 0.3) is 0 Å². The molecule has 0 radical (unpaired) electrons. The molecule has 0 aliphatic carbocycles. The number of alkyl halides is 3. The third-order valence-electron chi connectivity index (χ3n) is 3.45. The van der Waals surface area contributed by atoms with E-state index in [9.17, 15) is 13.2 Å². The molecule has 1 heterocycles.